The number of pyridine rings is 1. The van der Waals surface area contributed by atoms with Crippen LogP contribution in [0.1, 0.15) is 27.0 Å². The van der Waals surface area contributed by atoms with Gasteiger partial charge >= 0.3 is 0 Å². The number of hydrogen-bond donors (Lipinski definition) is 2. The third-order valence-corrected chi connectivity index (χ3v) is 4.16. The van der Waals surface area contributed by atoms with Gasteiger partial charge in [0.1, 0.15) is 11.6 Å². The lowest BCUT2D eigenvalue weighted by atomic mass is 10.0. The summed E-state index contributed by atoms with van der Waals surface area (Å²) in [6.45, 7) is 2.23. The number of nitrogens with zero attached hydrogens (tertiary/aromatic N) is 1. The number of aromatic nitrogens is 1. The normalized spacial score (nSPS) is 10.5. The summed E-state index contributed by atoms with van der Waals surface area (Å²) in [6.07, 6.45) is 1.82. The van der Waals surface area contributed by atoms with E-state index in [9.17, 15) is 9.18 Å². The number of halogens is 1. The number of carbonyl (C=O) groups excluding carboxylic acids is 1. The molecule has 3 aromatic rings. The Balaban J connectivity index is 1.72. The minimum Gasteiger partial charge on any atom is -0.382 e. The standard InChI is InChI=1S/C21H20FN3O/c1-14-4-7-16(8-5-14)20(26)12-15-6-9-18(22)17(11-15)13-25-19-3-2-10-24-21(19)23/h2-11,25H,12-13H2,1H3,(H2,23,24). The number of anilines is 2. The second kappa shape index (κ2) is 7.78. The number of benzene rings is 2. The number of hydrogen-bond acceptors (Lipinski definition) is 4. The van der Waals surface area contributed by atoms with E-state index in [1.165, 1.54) is 6.07 Å². The Morgan fingerprint density at radius 1 is 1.15 bits per heavy atom. The molecule has 0 aliphatic heterocycles. The molecule has 1 heterocycles. The molecule has 0 saturated heterocycles. The second-order valence-corrected chi connectivity index (χ2v) is 6.18. The Kier molecular flexibility index (Phi) is 5.27. The molecule has 0 aliphatic carbocycles. The molecule has 3 rings (SSSR count). The zero-order valence-corrected chi connectivity index (χ0v) is 14.5. The maximum absolute atomic E-state index is 14.1. The minimum absolute atomic E-state index is 0.00650. The van der Waals surface area contributed by atoms with E-state index in [0.717, 1.165) is 11.1 Å². The van der Waals surface area contributed by atoms with Gasteiger partial charge < -0.3 is 11.1 Å². The Hall–Kier alpha value is -3.21. The molecule has 0 bridgehead atoms. The van der Waals surface area contributed by atoms with E-state index in [-0.39, 0.29) is 24.6 Å². The van der Waals surface area contributed by atoms with Crippen LogP contribution in [0.3, 0.4) is 0 Å². The van der Waals surface area contributed by atoms with E-state index in [2.05, 4.69) is 10.3 Å². The highest BCUT2D eigenvalue weighted by molar-refractivity contribution is 5.97. The van der Waals surface area contributed by atoms with E-state index in [1.807, 2.05) is 31.2 Å². The Bertz CT molecular complexity index is 923. The summed E-state index contributed by atoms with van der Waals surface area (Å²) >= 11 is 0. The fourth-order valence-corrected chi connectivity index (χ4v) is 2.66. The number of rotatable bonds is 6. The van der Waals surface area contributed by atoms with Crippen molar-refractivity contribution in [2.45, 2.75) is 19.9 Å². The first-order valence-corrected chi connectivity index (χ1v) is 8.34. The molecule has 5 heteroatoms. The monoisotopic (exact) mass is 349 g/mol. The van der Waals surface area contributed by atoms with Gasteiger partial charge in [-0.1, -0.05) is 42.0 Å². The van der Waals surface area contributed by atoms with E-state index < -0.39 is 0 Å². The first-order chi connectivity index (χ1) is 12.5. The van der Waals surface area contributed by atoms with Crippen molar-refractivity contribution in [1.82, 2.24) is 4.98 Å². The predicted octanol–water partition coefficient (Wildman–Crippen LogP) is 4.15. The summed E-state index contributed by atoms with van der Waals surface area (Å²) in [7, 11) is 0. The van der Waals surface area contributed by atoms with Crippen LogP contribution in [0.25, 0.3) is 0 Å². The van der Waals surface area contributed by atoms with E-state index in [4.69, 9.17) is 5.73 Å². The molecule has 0 amide bonds. The van der Waals surface area contributed by atoms with E-state index in [0.29, 0.717) is 22.6 Å². The van der Waals surface area contributed by atoms with Crippen LogP contribution < -0.4 is 11.1 Å². The van der Waals surface area contributed by atoms with Gasteiger partial charge in [0.2, 0.25) is 0 Å². The maximum atomic E-state index is 14.1. The van der Waals surface area contributed by atoms with Crippen molar-refractivity contribution in [2.75, 3.05) is 11.1 Å². The molecule has 2 aromatic carbocycles. The molecule has 1 aromatic heterocycles. The Labute approximate surface area is 151 Å². The average Bonchev–Trinajstić information content (AvgIpc) is 2.64. The first kappa shape index (κ1) is 17.6. The molecule has 0 saturated carbocycles. The van der Waals surface area contributed by atoms with Crippen LogP contribution in [0.15, 0.2) is 60.8 Å². The summed E-state index contributed by atoms with van der Waals surface area (Å²) < 4.78 is 14.1. The van der Waals surface area contributed by atoms with Crippen LogP contribution in [0, 0.1) is 12.7 Å². The summed E-state index contributed by atoms with van der Waals surface area (Å²) in [4.78, 5) is 16.4. The van der Waals surface area contributed by atoms with Crippen LogP contribution in [-0.4, -0.2) is 10.8 Å². The highest BCUT2D eigenvalue weighted by Gasteiger charge is 2.10. The highest BCUT2D eigenvalue weighted by Crippen LogP contribution is 2.18. The van der Waals surface area contributed by atoms with Gasteiger partial charge in [0.15, 0.2) is 5.78 Å². The molecular formula is C21H20FN3O. The molecule has 0 aliphatic rings. The van der Waals surface area contributed by atoms with Crippen molar-refractivity contribution in [3.63, 3.8) is 0 Å². The van der Waals surface area contributed by atoms with Gasteiger partial charge in [0, 0.05) is 30.3 Å². The SMILES string of the molecule is Cc1ccc(C(=O)Cc2ccc(F)c(CNc3cccnc3N)c2)cc1. The lowest BCUT2D eigenvalue weighted by Crippen LogP contribution is -2.07. The van der Waals surface area contributed by atoms with Gasteiger partial charge in [0.05, 0.1) is 5.69 Å². The maximum Gasteiger partial charge on any atom is 0.167 e. The van der Waals surface area contributed by atoms with Crippen molar-refractivity contribution in [3.05, 3.63) is 88.9 Å². The predicted molar refractivity (Wildman–Crippen MR) is 102 cm³/mol. The summed E-state index contributed by atoms with van der Waals surface area (Å²) in [5.41, 5.74) is 9.43. The van der Waals surface area contributed by atoms with Gasteiger partial charge in [-0.2, -0.15) is 0 Å². The number of nitrogens with two attached hydrogens (primary N) is 1. The van der Waals surface area contributed by atoms with Crippen LogP contribution in [-0.2, 0) is 13.0 Å². The molecule has 26 heavy (non-hydrogen) atoms. The highest BCUT2D eigenvalue weighted by atomic mass is 19.1. The number of carbonyl (C=O) groups is 1. The van der Waals surface area contributed by atoms with Crippen molar-refractivity contribution in [1.29, 1.82) is 0 Å². The average molecular weight is 349 g/mol. The van der Waals surface area contributed by atoms with Crippen molar-refractivity contribution >= 4 is 17.3 Å². The van der Waals surface area contributed by atoms with Crippen molar-refractivity contribution in [3.8, 4) is 0 Å². The number of aryl methyl sites for hydroxylation is 1. The largest absolute Gasteiger partial charge is 0.382 e. The van der Waals surface area contributed by atoms with Crippen molar-refractivity contribution in [2.24, 2.45) is 0 Å². The smallest absolute Gasteiger partial charge is 0.167 e. The Morgan fingerprint density at radius 3 is 2.65 bits per heavy atom. The van der Waals surface area contributed by atoms with Gasteiger partial charge in [-0.15, -0.1) is 0 Å². The summed E-state index contributed by atoms with van der Waals surface area (Å²) in [6, 6.07) is 15.7. The van der Waals surface area contributed by atoms with Crippen LogP contribution >= 0.6 is 0 Å². The minimum atomic E-state index is -0.327. The third-order valence-electron chi connectivity index (χ3n) is 4.16. The van der Waals surface area contributed by atoms with Gasteiger partial charge in [-0.25, -0.2) is 9.37 Å². The molecule has 0 unspecified atom stereocenters. The fourth-order valence-electron chi connectivity index (χ4n) is 2.66. The third kappa shape index (κ3) is 4.25. The van der Waals surface area contributed by atoms with Gasteiger partial charge in [0.25, 0.3) is 0 Å². The van der Waals surface area contributed by atoms with Crippen LogP contribution in [0.5, 0.6) is 0 Å². The topological polar surface area (TPSA) is 68.0 Å². The molecule has 0 spiro atoms. The first-order valence-electron chi connectivity index (χ1n) is 8.34. The van der Waals surface area contributed by atoms with Crippen LogP contribution in [0.2, 0.25) is 0 Å². The summed E-state index contributed by atoms with van der Waals surface area (Å²) in [5.74, 6) is 0.0390. The molecular weight excluding hydrogens is 329 g/mol. The lowest BCUT2D eigenvalue weighted by molar-refractivity contribution is 0.0993. The number of nitrogens with one attached hydrogen (secondary N) is 1. The fraction of sp³-hybridized carbons (Fsp3) is 0.143. The van der Waals surface area contributed by atoms with Gasteiger partial charge in [-0.3, -0.25) is 4.79 Å². The number of ketones is 1. The van der Waals surface area contributed by atoms with E-state index in [1.54, 1.807) is 30.5 Å². The quantitative estimate of drug-likeness (QED) is 0.656. The lowest BCUT2D eigenvalue weighted by Gasteiger charge is -2.10. The number of nitrogen functional groups attached to an aromatic ring is 1. The molecule has 0 atom stereocenters. The van der Waals surface area contributed by atoms with Crippen LogP contribution in [0.4, 0.5) is 15.9 Å². The Morgan fingerprint density at radius 2 is 1.92 bits per heavy atom. The molecule has 3 N–H and O–H groups in total. The van der Waals surface area contributed by atoms with E-state index >= 15 is 0 Å². The second-order valence-electron chi connectivity index (χ2n) is 6.18. The zero-order chi connectivity index (χ0) is 18.5. The number of Topliss-reactive ketones (excluding diaryl/α,β-unsaturated/α-hetero) is 1. The molecule has 4 nitrogen and oxygen atoms in total. The molecule has 0 fully saturated rings. The van der Waals surface area contributed by atoms with Gasteiger partial charge in [-0.05, 0) is 30.7 Å². The van der Waals surface area contributed by atoms with Crippen molar-refractivity contribution < 1.29 is 9.18 Å². The summed E-state index contributed by atoms with van der Waals surface area (Å²) in [5, 5.41) is 3.08. The molecule has 132 valence electrons. The zero-order valence-electron chi connectivity index (χ0n) is 14.5. The molecule has 0 radical (unpaired) electrons.